The molecule has 0 spiro atoms. The van der Waals surface area contributed by atoms with Crippen LogP contribution < -0.4 is 9.47 Å². The van der Waals surface area contributed by atoms with Crippen molar-refractivity contribution in [3.8, 4) is 17.1 Å². The van der Waals surface area contributed by atoms with Crippen LogP contribution in [0.5, 0.6) is 5.75 Å². The maximum Gasteiger partial charge on any atom is 0.456 e. The van der Waals surface area contributed by atoms with Crippen molar-refractivity contribution in [1.29, 1.82) is 0 Å². The predicted octanol–water partition coefficient (Wildman–Crippen LogP) is 2.75. The highest BCUT2D eigenvalue weighted by Crippen LogP contribution is 2.35. The summed E-state index contributed by atoms with van der Waals surface area (Å²) in [6, 6.07) is 4.53. The molecule has 2 aromatic rings. The molecule has 27 heavy (non-hydrogen) atoms. The number of nitrogens with zero attached hydrogens (tertiary/aromatic N) is 2. The van der Waals surface area contributed by atoms with Gasteiger partial charge in [-0.05, 0) is 18.2 Å². The van der Waals surface area contributed by atoms with E-state index < -0.39 is 34.3 Å². The Balaban J connectivity index is 2.32. The Hall–Kier alpha value is -2.50. The van der Waals surface area contributed by atoms with Gasteiger partial charge in [0.05, 0.1) is 11.9 Å². The topological polar surface area (TPSA) is 83.2 Å². The number of alkyl halides is 5. The van der Waals surface area contributed by atoms with Gasteiger partial charge in [-0.1, -0.05) is 6.92 Å². The number of halogens is 5. The van der Waals surface area contributed by atoms with Crippen LogP contribution in [0.15, 0.2) is 41.6 Å². The van der Waals surface area contributed by atoms with E-state index in [1.54, 1.807) is 0 Å². The molecule has 0 fully saturated rings. The molecule has 2 heterocycles. The molecule has 0 bridgehead atoms. The number of rotatable bonds is 6. The number of hydrogen-bond donors (Lipinski definition) is 0. The molecule has 0 aliphatic carbocycles. The minimum absolute atomic E-state index is 0.118. The molecule has 0 radical (unpaired) electrons. The normalized spacial score (nSPS) is 12.8. The summed E-state index contributed by atoms with van der Waals surface area (Å²) in [4.78, 5) is 3.46. The van der Waals surface area contributed by atoms with Gasteiger partial charge in [0.1, 0.15) is 16.3 Å². The monoisotopic (exact) mass is 412 g/mol. The lowest BCUT2D eigenvalue weighted by atomic mass is 10.2. The third-order valence-electron chi connectivity index (χ3n) is 3.45. The van der Waals surface area contributed by atoms with Gasteiger partial charge in [-0.25, -0.2) is 13.4 Å². The molecule has 2 aromatic heterocycles. The summed E-state index contributed by atoms with van der Waals surface area (Å²) in [5, 5.41) is 12.0. The van der Waals surface area contributed by atoms with E-state index in [0.717, 1.165) is 24.5 Å². The first-order valence-electron chi connectivity index (χ1n) is 7.38. The first-order valence-corrected chi connectivity index (χ1v) is 9.03. The maximum atomic E-state index is 12.9. The molecular weight excluding hydrogens is 399 g/mol. The van der Waals surface area contributed by atoms with Gasteiger partial charge in [0.15, 0.2) is 22.6 Å². The third-order valence-corrected chi connectivity index (χ3v) is 5.21. The zero-order valence-corrected chi connectivity index (χ0v) is 14.5. The molecule has 0 amide bonds. The van der Waals surface area contributed by atoms with Crippen LogP contribution in [0.2, 0.25) is 0 Å². The van der Waals surface area contributed by atoms with Crippen LogP contribution in [0.3, 0.4) is 0 Å². The summed E-state index contributed by atoms with van der Waals surface area (Å²) in [7, 11) is -3.77. The van der Waals surface area contributed by atoms with Crippen LogP contribution in [-0.4, -0.2) is 37.9 Å². The van der Waals surface area contributed by atoms with Crippen molar-refractivity contribution >= 4 is 9.84 Å². The van der Waals surface area contributed by atoms with E-state index in [9.17, 15) is 35.6 Å². The van der Waals surface area contributed by atoms with E-state index in [-0.39, 0.29) is 26.8 Å². The molecule has 0 atom stereocenters. The van der Waals surface area contributed by atoms with E-state index in [2.05, 4.69) is 9.72 Å². The average molecular weight is 412 g/mol. The Morgan fingerprint density at radius 1 is 1.19 bits per heavy atom. The number of pyridine rings is 2. The second-order valence-corrected chi connectivity index (χ2v) is 7.57. The second kappa shape index (κ2) is 7.25. The van der Waals surface area contributed by atoms with Crippen molar-refractivity contribution in [2.75, 3.05) is 12.4 Å². The summed E-state index contributed by atoms with van der Waals surface area (Å²) in [6.45, 7) is -0.563. The van der Waals surface area contributed by atoms with Crippen molar-refractivity contribution in [1.82, 2.24) is 4.98 Å². The first-order chi connectivity index (χ1) is 12.4. The molecule has 0 unspecified atom stereocenters. The average Bonchev–Trinajstić information content (AvgIpc) is 2.59. The Morgan fingerprint density at radius 3 is 2.37 bits per heavy atom. The summed E-state index contributed by atoms with van der Waals surface area (Å²) < 4.78 is 91.0. The highest BCUT2D eigenvalue weighted by atomic mass is 32.2. The fraction of sp³-hybridized carbons (Fsp3) is 0.333. The molecule has 2 rings (SSSR count). The minimum Gasteiger partial charge on any atom is -0.618 e. The van der Waals surface area contributed by atoms with E-state index >= 15 is 0 Å². The van der Waals surface area contributed by atoms with Crippen molar-refractivity contribution in [2.24, 2.45) is 0 Å². The van der Waals surface area contributed by atoms with E-state index in [0.29, 0.717) is 0 Å². The van der Waals surface area contributed by atoms with Crippen LogP contribution in [0, 0.1) is 5.21 Å². The molecule has 0 aliphatic heterocycles. The van der Waals surface area contributed by atoms with E-state index in [1.807, 2.05) is 0 Å². The predicted molar refractivity (Wildman–Crippen MR) is 82.9 cm³/mol. The van der Waals surface area contributed by atoms with Gasteiger partial charge in [0, 0.05) is 6.07 Å². The molecule has 6 nitrogen and oxygen atoms in total. The van der Waals surface area contributed by atoms with Gasteiger partial charge < -0.3 is 9.94 Å². The Labute approximate surface area is 150 Å². The third kappa shape index (κ3) is 4.43. The Bertz CT molecular complexity index is 915. The summed E-state index contributed by atoms with van der Waals surface area (Å²) in [6.07, 6.45) is -3.90. The molecule has 0 saturated carbocycles. The molecule has 0 N–H and O–H groups in total. The fourth-order valence-corrected chi connectivity index (χ4v) is 3.06. The highest BCUT2D eigenvalue weighted by molar-refractivity contribution is 7.91. The van der Waals surface area contributed by atoms with E-state index in [4.69, 9.17) is 0 Å². The first kappa shape index (κ1) is 20.8. The van der Waals surface area contributed by atoms with Crippen LogP contribution in [0.4, 0.5) is 22.0 Å². The standard InChI is InChI=1S/C15H13F5N2O4S/c1-2-27(24,25)12-4-3-7-22(23)13(12)11-6-5-10(8-21-11)26-9-14(16,17)15(18,19)20/h3-8H,2,9H2,1H3. The quantitative estimate of drug-likeness (QED) is 0.414. The summed E-state index contributed by atoms with van der Waals surface area (Å²) >= 11 is 0. The van der Waals surface area contributed by atoms with Crippen molar-refractivity contribution < 1.29 is 39.8 Å². The zero-order chi connectivity index (χ0) is 20.5. The van der Waals surface area contributed by atoms with Gasteiger partial charge in [-0.3, -0.25) is 0 Å². The lowest BCUT2D eigenvalue weighted by Crippen LogP contribution is -2.41. The van der Waals surface area contributed by atoms with Crippen LogP contribution in [0.25, 0.3) is 11.4 Å². The molecule has 0 saturated heterocycles. The SMILES string of the molecule is CCS(=O)(=O)c1ccc[n+]([O-])c1-c1ccc(OCC(F)(F)C(F)(F)F)cn1. The van der Waals surface area contributed by atoms with Crippen molar-refractivity contribution in [3.63, 3.8) is 0 Å². The highest BCUT2D eigenvalue weighted by Gasteiger charge is 2.58. The number of hydrogen-bond acceptors (Lipinski definition) is 5. The molecule has 0 aliphatic rings. The molecular formula is C15H13F5N2O4S. The largest absolute Gasteiger partial charge is 0.618 e. The van der Waals surface area contributed by atoms with Gasteiger partial charge in [-0.2, -0.15) is 26.7 Å². The lowest BCUT2D eigenvalue weighted by Gasteiger charge is -2.19. The number of ether oxygens (including phenoxy) is 1. The number of sulfone groups is 1. The Morgan fingerprint density at radius 2 is 1.85 bits per heavy atom. The van der Waals surface area contributed by atoms with Crippen molar-refractivity contribution in [2.45, 2.75) is 23.9 Å². The summed E-state index contributed by atoms with van der Waals surface area (Å²) in [5.74, 6) is -5.74. The number of aromatic nitrogens is 2. The van der Waals surface area contributed by atoms with Gasteiger partial charge in [0.25, 0.3) is 5.69 Å². The van der Waals surface area contributed by atoms with Crippen LogP contribution in [0.1, 0.15) is 6.92 Å². The van der Waals surface area contributed by atoms with E-state index in [1.165, 1.54) is 19.1 Å². The fourth-order valence-electron chi connectivity index (χ4n) is 1.98. The molecule has 12 heteroatoms. The smallest absolute Gasteiger partial charge is 0.456 e. The van der Waals surface area contributed by atoms with Gasteiger partial charge in [-0.15, -0.1) is 0 Å². The molecule has 148 valence electrons. The zero-order valence-electron chi connectivity index (χ0n) is 13.7. The maximum absolute atomic E-state index is 12.9. The summed E-state index contributed by atoms with van der Waals surface area (Å²) in [5.41, 5.74) is -0.418. The van der Waals surface area contributed by atoms with Crippen LogP contribution >= 0.6 is 0 Å². The Kier molecular flexibility index (Phi) is 5.59. The van der Waals surface area contributed by atoms with Crippen molar-refractivity contribution in [3.05, 3.63) is 41.9 Å². The van der Waals surface area contributed by atoms with Gasteiger partial charge >= 0.3 is 12.1 Å². The minimum atomic E-state index is -5.76. The lowest BCUT2D eigenvalue weighted by molar-refractivity contribution is -0.595. The second-order valence-electron chi connectivity index (χ2n) is 5.32. The van der Waals surface area contributed by atoms with Crippen LogP contribution in [-0.2, 0) is 9.84 Å². The van der Waals surface area contributed by atoms with Gasteiger partial charge in [0.2, 0.25) is 0 Å². The molecule has 0 aromatic carbocycles.